The van der Waals surface area contributed by atoms with E-state index < -0.39 is 10.0 Å². The van der Waals surface area contributed by atoms with E-state index in [0.717, 1.165) is 11.5 Å². The Morgan fingerprint density at radius 1 is 1.00 bits per heavy atom. The normalized spacial score (nSPS) is 11.2. The van der Waals surface area contributed by atoms with Gasteiger partial charge in [0.1, 0.15) is 0 Å². The molecule has 0 aromatic heterocycles. The van der Waals surface area contributed by atoms with Gasteiger partial charge in [-0.2, -0.15) is 11.8 Å². The molecule has 0 fully saturated rings. The molecular weight excluding hydrogens is 452 g/mol. The molecule has 3 aromatic carbocycles. The van der Waals surface area contributed by atoms with Crippen LogP contribution in [0.3, 0.4) is 0 Å². The number of hydrogen-bond acceptors (Lipinski definition) is 4. The largest absolute Gasteiger partial charge is 0.351 e. The SMILES string of the molecule is Cc1cccc(CSCCNC(=O)c2cc(NS(=O)(=O)c3ccccc3)ccc2Cl)c1. The minimum Gasteiger partial charge on any atom is -0.351 e. The smallest absolute Gasteiger partial charge is 0.261 e. The Balaban J connectivity index is 1.56. The van der Waals surface area contributed by atoms with Crippen molar-refractivity contribution in [2.24, 2.45) is 0 Å². The van der Waals surface area contributed by atoms with E-state index in [-0.39, 0.29) is 27.1 Å². The predicted molar refractivity (Wildman–Crippen MR) is 128 cm³/mol. The zero-order chi connectivity index (χ0) is 22.3. The van der Waals surface area contributed by atoms with E-state index in [0.29, 0.717) is 6.54 Å². The highest BCUT2D eigenvalue weighted by Gasteiger charge is 2.16. The Kier molecular flexibility index (Phi) is 8.01. The van der Waals surface area contributed by atoms with Crippen molar-refractivity contribution < 1.29 is 13.2 Å². The lowest BCUT2D eigenvalue weighted by molar-refractivity contribution is 0.0956. The lowest BCUT2D eigenvalue weighted by Gasteiger charge is -2.11. The van der Waals surface area contributed by atoms with Crippen LogP contribution >= 0.6 is 23.4 Å². The van der Waals surface area contributed by atoms with Crippen molar-refractivity contribution in [3.8, 4) is 0 Å². The van der Waals surface area contributed by atoms with Gasteiger partial charge in [-0.05, 0) is 42.8 Å². The molecule has 0 radical (unpaired) electrons. The van der Waals surface area contributed by atoms with Gasteiger partial charge in [-0.15, -0.1) is 0 Å². The second-order valence-electron chi connectivity index (χ2n) is 6.91. The van der Waals surface area contributed by atoms with Gasteiger partial charge < -0.3 is 5.32 Å². The van der Waals surface area contributed by atoms with Crippen LogP contribution in [0.2, 0.25) is 5.02 Å². The van der Waals surface area contributed by atoms with Crippen molar-refractivity contribution in [3.63, 3.8) is 0 Å². The van der Waals surface area contributed by atoms with Gasteiger partial charge in [-0.25, -0.2) is 8.42 Å². The summed E-state index contributed by atoms with van der Waals surface area (Å²) in [5.74, 6) is 1.27. The number of nitrogens with one attached hydrogen (secondary N) is 2. The third-order valence-electron chi connectivity index (χ3n) is 4.40. The van der Waals surface area contributed by atoms with Gasteiger partial charge in [0.2, 0.25) is 0 Å². The zero-order valence-corrected chi connectivity index (χ0v) is 19.4. The number of carbonyl (C=O) groups excluding carboxylic acids is 1. The summed E-state index contributed by atoms with van der Waals surface area (Å²) in [5, 5.41) is 3.09. The van der Waals surface area contributed by atoms with E-state index in [1.54, 1.807) is 30.0 Å². The Labute approximate surface area is 192 Å². The monoisotopic (exact) mass is 474 g/mol. The highest BCUT2D eigenvalue weighted by Crippen LogP contribution is 2.23. The van der Waals surface area contributed by atoms with Crippen LogP contribution in [0.5, 0.6) is 0 Å². The van der Waals surface area contributed by atoms with E-state index >= 15 is 0 Å². The molecule has 0 bridgehead atoms. The molecular formula is C23H23ClN2O3S2. The van der Waals surface area contributed by atoms with E-state index in [2.05, 4.69) is 35.2 Å². The first-order valence-electron chi connectivity index (χ1n) is 9.64. The molecule has 0 atom stereocenters. The molecule has 0 unspecified atom stereocenters. The molecule has 0 aliphatic rings. The predicted octanol–water partition coefficient (Wildman–Crippen LogP) is 5.11. The fourth-order valence-electron chi connectivity index (χ4n) is 2.90. The van der Waals surface area contributed by atoms with Crippen molar-refractivity contribution in [1.29, 1.82) is 0 Å². The van der Waals surface area contributed by atoms with Crippen molar-refractivity contribution >= 4 is 45.0 Å². The summed E-state index contributed by atoms with van der Waals surface area (Å²) in [6.07, 6.45) is 0. The topological polar surface area (TPSA) is 75.3 Å². The van der Waals surface area contributed by atoms with Crippen LogP contribution in [0.1, 0.15) is 21.5 Å². The lowest BCUT2D eigenvalue weighted by Crippen LogP contribution is -2.26. The van der Waals surface area contributed by atoms with Crippen LogP contribution in [0, 0.1) is 6.92 Å². The summed E-state index contributed by atoms with van der Waals surface area (Å²) < 4.78 is 27.5. The zero-order valence-electron chi connectivity index (χ0n) is 17.0. The molecule has 1 amide bonds. The van der Waals surface area contributed by atoms with Gasteiger partial charge >= 0.3 is 0 Å². The lowest BCUT2D eigenvalue weighted by atomic mass is 10.2. The summed E-state index contributed by atoms with van der Waals surface area (Å²) in [5.41, 5.74) is 2.97. The van der Waals surface area contributed by atoms with Crippen LogP contribution in [0.4, 0.5) is 5.69 Å². The number of aryl methyl sites for hydroxylation is 1. The van der Waals surface area contributed by atoms with Crippen LogP contribution < -0.4 is 10.0 Å². The molecule has 3 rings (SSSR count). The summed E-state index contributed by atoms with van der Waals surface area (Å²) >= 11 is 7.90. The minimum absolute atomic E-state index is 0.140. The van der Waals surface area contributed by atoms with Crippen molar-refractivity contribution in [1.82, 2.24) is 5.32 Å². The van der Waals surface area contributed by atoms with Crippen molar-refractivity contribution in [2.45, 2.75) is 17.6 Å². The third kappa shape index (κ3) is 6.75. The fraction of sp³-hybridized carbons (Fsp3) is 0.174. The summed E-state index contributed by atoms with van der Waals surface area (Å²) in [4.78, 5) is 12.7. The van der Waals surface area contributed by atoms with E-state index in [9.17, 15) is 13.2 Å². The Bertz CT molecular complexity index is 1150. The first-order chi connectivity index (χ1) is 14.8. The third-order valence-corrected chi connectivity index (χ3v) is 7.16. The molecule has 2 N–H and O–H groups in total. The van der Waals surface area contributed by atoms with Gasteiger partial charge in [-0.3, -0.25) is 9.52 Å². The molecule has 0 aliphatic carbocycles. The van der Waals surface area contributed by atoms with E-state index in [1.165, 1.54) is 41.5 Å². The number of sulfonamides is 1. The van der Waals surface area contributed by atoms with Crippen molar-refractivity contribution in [3.05, 3.63) is 94.5 Å². The maximum Gasteiger partial charge on any atom is 0.261 e. The molecule has 0 saturated heterocycles. The van der Waals surface area contributed by atoms with E-state index in [4.69, 9.17) is 11.6 Å². The molecule has 0 spiro atoms. The first kappa shape index (κ1) is 23.2. The Morgan fingerprint density at radius 2 is 1.77 bits per heavy atom. The van der Waals surface area contributed by atoms with Gasteiger partial charge in [0.25, 0.3) is 15.9 Å². The number of rotatable bonds is 9. The van der Waals surface area contributed by atoms with Crippen LogP contribution in [-0.2, 0) is 15.8 Å². The molecule has 8 heteroatoms. The summed E-state index contributed by atoms with van der Waals surface area (Å²) in [6.45, 7) is 2.54. The Hall–Kier alpha value is -2.48. The second kappa shape index (κ2) is 10.7. The number of halogens is 1. The van der Waals surface area contributed by atoms with Gasteiger partial charge in [0, 0.05) is 23.7 Å². The van der Waals surface area contributed by atoms with Gasteiger partial charge in [-0.1, -0.05) is 59.6 Å². The molecule has 5 nitrogen and oxygen atoms in total. The number of benzene rings is 3. The molecule has 0 aliphatic heterocycles. The highest BCUT2D eigenvalue weighted by molar-refractivity contribution is 7.98. The van der Waals surface area contributed by atoms with Crippen LogP contribution in [0.25, 0.3) is 0 Å². The average molecular weight is 475 g/mol. The number of thioether (sulfide) groups is 1. The minimum atomic E-state index is -3.75. The van der Waals surface area contributed by atoms with Crippen LogP contribution in [0.15, 0.2) is 77.7 Å². The second-order valence-corrected chi connectivity index (χ2v) is 10.1. The number of amides is 1. The maximum atomic E-state index is 12.5. The molecule has 0 saturated carbocycles. The van der Waals surface area contributed by atoms with E-state index in [1.807, 2.05) is 6.07 Å². The fourth-order valence-corrected chi connectivity index (χ4v) is 4.98. The standard InChI is InChI=1S/C23H23ClN2O3S2/c1-17-6-5-7-18(14-17)16-30-13-12-25-23(27)21-15-19(10-11-22(21)24)26-31(28,29)20-8-3-2-4-9-20/h2-11,14-15,26H,12-13,16H2,1H3,(H,25,27). The number of hydrogen-bond donors (Lipinski definition) is 2. The van der Waals surface area contributed by atoms with Crippen LogP contribution in [-0.4, -0.2) is 26.6 Å². The average Bonchev–Trinajstić information content (AvgIpc) is 2.75. The van der Waals surface area contributed by atoms with Crippen molar-refractivity contribution in [2.75, 3.05) is 17.0 Å². The maximum absolute atomic E-state index is 12.5. The molecule has 0 heterocycles. The van der Waals surface area contributed by atoms with Gasteiger partial charge in [0.05, 0.1) is 15.5 Å². The molecule has 3 aromatic rings. The highest BCUT2D eigenvalue weighted by atomic mass is 35.5. The first-order valence-corrected chi connectivity index (χ1v) is 12.7. The van der Waals surface area contributed by atoms with Gasteiger partial charge in [0.15, 0.2) is 0 Å². The summed E-state index contributed by atoms with van der Waals surface area (Å²) in [6, 6.07) is 20.8. The number of anilines is 1. The summed E-state index contributed by atoms with van der Waals surface area (Å²) in [7, 11) is -3.75. The molecule has 31 heavy (non-hydrogen) atoms. The number of carbonyl (C=O) groups is 1. The Morgan fingerprint density at radius 3 is 2.52 bits per heavy atom. The molecule has 162 valence electrons. The quantitative estimate of drug-likeness (QED) is 0.422.